The van der Waals surface area contributed by atoms with Crippen molar-refractivity contribution in [2.75, 3.05) is 13.7 Å². The van der Waals surface area contributed by atoms with Gasteiger partial charge in [-0.15, -0.1) is 21.8 Å². The molecule has 178 valence electrons. The lowest BCUT2D eigenvalue weighted by Gasteiger charge is -2.43. The maximum atomic E-state index is 13.8. The van der Waals surface area contributed by atoms with Crippen LogP contribution in [0.25, 0.3) is 16.2 Å². The number of aromatic nitrogens is 5. The van der Waals surface area contributed by atoms with Crippen LogP contribution < -0.4 is 0 Å². The number of hydrogen-bond donors (Lipinski definition) is 2. The third-order valence-corrected chi connectivity index (χ3v) is 6.78. The van der Waals surface area contributed by atoms with Crippen molar-refractivity contribution in [3.8, 4) is 11.4 Å². The molecule has 0 aromatic carbocycles. The van der Waals surface area contributed by atoms with Crippen molar-refractivity contribution in [1.82, 2.24) is 25.0 Å². The van der Waals surface area contributed by atoms with E-state index in [0.717, 1.165) is 11.8 Å². The summed E-state index contributed by atoms with van der Waals surface area (Å²) in [6.07, 6.45) is -0.180. The topological polar surface area (TPSA) is 120 Å². The average molecular weight is 527 g/mol. The summed E-state index contributed by atoms with van der Waals surface area (Å²) in [5.74, 6) is -0.730. The standard InChI is InChI=1S/C20H17Cl2FN6O4S/c1-24-19-14(5-9(21)6-25-19)34-20-17(32-2)15(16(31)13(8-30)33-20)29-7-12(27-28-29)11-4-3-10(22)18(23)26-11/h3-7,13,15-17,20,30-31H,8H2,2H3/t13?,15-,16-,17?,20+/m0/s1. The summed E-state index contributed by atoms with van der Waals surface area (Å²) < 4.78 is 26.7. The normalized spacial score (nSPS) is 24.7. The highest BCUT2D eigenvalue weighted by molar-refractivity contribution is 8.00. The minimum Gasteiger partial charge on any atom is -0.394 e. The molecule has 2 N–H and O–H groups in total. The lowest BCUT2D eigenvalue weighted by Crippen LogP contribution is -2.55. The van der Waals surface area contributed by atoms with E-state index in [9.17, 15) is 14.6 Å². The Kier molecular flexibility index (Phi) is 7.63. The minimum absolute atomic E-state index is 0.120. The predicted molar refractivity (Wildman–Crippen MR) is 121 cm³/mol. The lowest BCUT2D eigenvalue weighted by molar-refractivity contribution is -0.186. The van der Waals surface area contributed by atoms with Crippen LogP contribution in [0, 0.1) is 12.5 Å². The van der Waals surface area contributed by atoms with Gasteiger partial charge < -0.3 is 24.5 Å². The molecule has 0 spiro atoms. The number of halogens is 3. The van der Waals surface area contributed by atoms with Gasteiger partial charge in [-0.3, -0.25) is 0 Å². The zero-order valence-electron chi connectivity index (χ0n) is 17.4. The van der Waals surface area contributed by atoms with Gasteiger partial charge in [-0.05, 0) is 18.2 Å². The summed E-state index contributed by atoms with van der Waals surface area (Å²) in [6, 6.07) is 3.56. The van der Waals surface area contributed by atoms with Crippen LogP contribution in [0.4, 0.5) is 10.2 Å². The summed E-state index contributed by atoms with van der Waals surface area (Å²) >= 11 is 12.9. The molecule has 4 rings (SSSR count). The number of methoxy groups -OCH3 is 1. The van der Waals surface area contributed by atoms with Crippen molar-refractivity contribution in [3.63, 3.8) is 0 Å². The molecule has 1 aliphatic rings. The van der Waals surface area contributed by atoms with Crippen LogP contribution in [0.2, 0.25) is 10.0 Å². The number of aliphatic hydroxyl groups is 2. The van der Waals surface area contributed by atoms with Crippen molar-refractivity contribution >= 4 is 40.8 Å². The highest BCUT2D eigenvalue weighted by Crippen LogP contribution is 2.42. The van der Waals surface area contributed by atoms with E-state index in [4.69, 9.17) is 39.2 Å². The second-order valence-corrected chi connectivity index (χ2v) is 9.15. The number of hydrogen-bond acceptors (Lipinski definition) is 9. The van der Waals surface area contributed by atoms with Crippen LogP contribution >= 0.6 is 35.0 Å². The number of pyridine rings is 2. The molecule has 1 saturated heterocycles. The van der Waals surface area contributed by atoms with Crippen molar-refractivity contribution < 1.29 is 24.1 Å². The number of ether oxygens (including phenoxy) is 2. The zero-order valence-corrected chi connectivity index (χ0v) is 19.7. The Morgan fingerprint density at radius 3 is 2.82 bits per heavy atom. The van der Waals surface area contributed by atoms with Crippen LogP contribution in [0.3, 0.4) is 0 Å². The Labute approximate surface area is 207 Å². The number of nitrogens with zero attached hydrogens (tertiary/aromatic N) is 6. The Balaban J connectivity index is 1.68. The molecule has 1 fully saturated rings. The first-order valence-corrected chi connectivity index (χ1v) is 11.4. The Morgan fingerprint density at radius 2 is 2.15 bits per heavy atom. The predicted octanol–water partition coefficient (Wildman–Crippen LogP) is 3.16. The van der Waals surface area contributed by atoms with Crippen LogP contribution in [0.5, 0.6) is 0 Å². The van der Waals surface area contributed by atoms with Crippen LogP contribution in [0.15, 0.2) is 35.5 Å². The van der Waals surface area contributed by atoms with E-state index >= 15 is 0 Å². The third-order valence-electron chi connectivity index (χ3n) is 5.13. The molecule has 10 nitrogen and oxygen atoms in total. The Bertz CT molecular complexity index is 1230. The van der Waals surface area contributed by atoms with Gasteiger partial charge in [0.15, 0.2) is 0 Å². The first-order valence-electron chi connectivity index (χ1n) is 9.77. The molecule has 2 unspecified atom stereocenters. The fourth-order valence-electron chi connectivity index (χ4n) is 3.52. The molecule has 0 bridgehead atoms. The monoisotopic (exact) mass is 526 g/mol. The quantitative estimate of drug-likeness (QED) is 0.368. The smallest absolute Gasteiger partial charge is 0.283 e. The number of rotatable bonds is 6. The van der Waals surface area contributed by atoms with Gasteiger partial charge in [0.2, 0.25) is 5.95 Å². The fraction of sp³-hybridized carbons (Fsp3) is 0.350. The highest BCUT2D eigenvalue weighted by Gasteiger charge is 2.47. The minimum atomic E-state index is -1.23. The van der Waals surface area contributed by atoms with E-state index in [1.807, 2.05) is 0 Å². The molecule has 0 aliphatic carbocycles. The molecule has 4 heterocycles. The maximum absolute atomic E-state index is 13.8. The van der Waals surface area contributed by atoms with Gasteiger partial charge in [0.1, 0.15) is 41.7 Å². The maximum Gasteiger partial charge on any atom is 0.283 e. The molecule has 34 heavy (non-hydrogen) atoms. The molecule has 3 aromatic heterocycles. The summed E-state index contributed by atoms with van der Waals surface area (Å²) in [5.41, 5.74) is -0.349. The summed E-state index contributed by atoms with van der Waals surface area (Å²) in [5, 5.41) is 29.1. The molecule has 0 radical (unpaired) electrons. The zero-order chi connectivity index (χ0) is 24.4. The van der Waals surface area contributed by atoms with Crippen molar-refractivity contribution in [2.45, 2.75) is 34.7 Å². The first kappa shape index (κ1) is 24.7. The molecular formula is C20H17Cl2FN6O4S. The van der Waals surface area contributed by atoms with Gasteiger partial charge in [0.25, 0.3) is 5.82 Å². The molecule has 3 aromatic rings. The van der Waals surface area contributed by atoms with E-state index in [-0.39, 0.29) is 22.2 Å². The summed E-state index contributed by atoms with van der Waals surface area (Å²) in [4.78, 5) is 11.6. The number of aliphatic hydroxyl groups excluding tert-OH is 2. The molecule has 0 amide bonds. The van der Waals surface area contributed by atoms with Gasteiger partial charge in [-0.2, -0.15) is 4.39 Å². The van der Waals surface area contributed by atoms with Gasteiger partial charge >= 0.3 is 0 Å². The van der Waals surface area contributed by atoms with E-state index in [0.29, 0.717) is 9.92 Å². The van der Waals surface area contributed by atoms with Gasteiger partial charge in [-0.25, -0.2) is 9.67 Å². The molecular weight excluding hydrogens is 510 g/mol. The van der Waals surface area contributed by atoms with E-state index in [1.165, 1.54) is 36.3 Å². The summed E-state index contributed by atoms with van der Waals surface area (Å²) in [7, 11) is 1.43. The van der Waals surface area contributed by atoms with E-state index in [1.54, 1.807) is 6.07 Å². The molecule has 0 saturated carbocycles. The van der Waals surface area contributed by atoms with Gasteiger partial charge in [0.05, 0.1) is 28.5 Å². The first-order chi connectivity index (χ1) is 16.4. The van der Waals surface area contributed by atoms with Gasteiger partial charge in [-0.1, -0.05) is 35.0 Å². The van der Waals surface area contributed by atoms with Crippen molar-refractivity contribution in [3.05, 3.63) is 58.0 Å². The fourth-order valence-corrected chi connectivity index (χ4v) is 5.10. The molecule has 1 aliphatic heterocycles. The Hall–Kier alpha value is -2.37. The lowest BCUT2D eigenvalue weighted by atomic mass is 9.97. The van der Waals surface area contributed by atoms with Gasteiger partial charge in [0, 0.05) is 12.0 Å². The van der Waals surface area contributed by atoms with Crippen molar-refractivity contribution in [1.29, 1.82) is 0 Å². The molecule has 14 heteroatoms. The largest absolute Gasteiger partial charge is 0.394 e. The SMILES string of the molecule is [C-]#[N+]c1ncc(Cl)cc1S[C@H]1OC(CO)[C@H](O)[C@H](n2cc(-c3ccc(Cl)c(F)n3)nn2)C1OC. The van der Waals surface area contributed by atoms with E-state index in [2.05, 4.69) is 25.1 Å². The summed E-state index contributed by atoms with van der Waals surface area (Å²) in [6.45, 7) is 6.87. The van der Waals surface area contributed by atoms with E-state index < -0.39 is 42.3 Å². The molecule has 5 atom stereocenters. The van der Waals surface area contributed by atoms with Crippen LogP contribution in [0.1, 0.15) is 6.04 Å². The van der Waals surface area contributed by atoms with Crippen LogP contribution in [-0.4, -0.2) is 72.6 Å². The Morgan fingerprint density at radius 1 is 1.35 bits per heavy atom. The highest BCUT2D eigenvalue weighted by atomic mass is 35.5. The van der Waals surface area contributed by atoms with Crippen molar-refractivity contribution in [2.24, 2.45) is 0 Å². The second kappa shape index (κ2) is 10.5. The second-order valence-electron chi connectivity index (χ2n) is 7.16. The third kappa shape index (κ3) is 4.87. The average Bonchev–Trinajstić information content (AvgIpc) is 3.31. The van der Waals surface area contributed by atoms with Crippen LogP contribution in [-0.2, 0) is 9.47 Å². The number of thioether (sulfide) groups is 1.